The predicted octanol–water partition coefficient (Wildman–Crippen LogP) is 1.14. The number of ether oxygens (including phenoxy) is 2. The molecule has 2 heterocycles. The molecule has 1 fully saturated rings. The van der Waals surface area contributed by atoms with Gasteiger partial charge < -0.3 is 29.9 Å². The lowest BCUT2D eigenvalue weighted by Gasteiger charge is -2.39. The number of aromatic nitrogens is 1. The third-order valence-electron chi connectivity index (χ3n) is 4.50. The van der Waals surface area contributed by atoms with E-state index in [-0.39, 0.29) is 0 Å². The van der Waals surface area contributed by atoms with E-state index in [0.29, 0.717) is 5.75 Å². The number of fused-ring (bicyclic) bond motifs is 1. The van der Waals surface area contributed by atoms with Crippen LogP contribution in [-0.2, 0) is 4.74 Å². The summed E-state index contributed by atoms with van der Waals surface area (Å²) >= 11 is 1.51. The molecule has 0 saturated carbocycles. The number of aliphatic hydroxyl groups is 4. The minimum Gasteiger partial charge on any atom is -0.461 e. The maximum Gasteiger partial charge on any atom is 0.229 e. The molecule has 0 spiro atoms. The van der Waals surface area contributed by atoms with Gasteiger partial charge in [-0.1, -0.05) is 24.3 Å². The number of hydrogen-bond donors (Lipinski definition) is 4. The Hall–Kier alpha value is -2.07. The van der Waals surface area contributed by atoms with Crippen molar-refractivity contribution >= 4 is 21.6 Å². The van der Waals surface area contributed by atoms with E-state index < -0.39 is 37.3 Å². The van der Waals surface area contributed by atoms with E-state index in [2.05, 4.69) is 4.98 Å². The number of hydrogen-bond acceptors (Lipinski definition) is 8. The number of aliphatic hydroxyl groups excluding tert-OH is 4. The first kappa shape index (κ1) is 18.3. The summed E-state index contributed by atoms with van der Waals surface area (Å²) in [6.45, 7) is -0.510. The molecule has 0 aliphatic carbocycles. The maximum absolute atomic E-state index is 10.2. The van der Waals surface area contributed by atoms with E-state index in [1.165, 1.54) is 11.3 Å². The largest absolute Gasteiger partial charge is 0.461 e. The molecule has 1 aliphatic rings. The number of nitrogens with zero attached hydrogens (tertiary/aromatic N) is 1. The van der Waals surface area contributed by atoms with Crippen LogP contribution in [0, 0.1) is 0 Å². The van der Waals surface area contributed by atoms with Gasteiger partial charge in [-0.3, -0.25) is 0 Å². The average Bonchev–Trinajstić information content (AvgIpc) is 3.13. The van der Waals surface area contributed by atoms with Gasteiger partial charge in [-0.05, 0) is 24.3 Å². The molecular formula is C19H19NO6S. The summed E-state index contributed by atoms with van der Waals surface area (Å²) in [5.41, 5.74) is 1.59. The third-order valence-corrected chi connectivity index (χ3v) is 5.57. The van der Waals surface area contributed by atoms with E-state index in [0.717, 1.165) is 20.8 Å². The van der Waals surface area contributed by atoms with Gasteiger partial charge in [0.15, 0.2) is 0 Å². The second-order valence-electron chi connectivity index (χ2n) is 6.30. The number of benzene rings is 2. The third kappa shape index (κ3) is 3.43. The van der Waals surface area contributed by atoms with Crippen LogP contribution in [0.1, 0.15) is 0 Å². The topological polar surface area (TPSA) is 112 Å². The van der Waals surface area contributed by atoms with Gasteiger partial charge in [0.1, 0.15) is 35.2 Å². The monoisotopic (exact) mass is 389 g/mol. The summed E-state index contributed by atoms with van der Waals surface area (Å²) in [7, 11) is 0. The Bertz CT molecular complexity index is 896. The summed E-state index contributed by atoms with van der Waals surface area (Å²) < 4.78 is 12.3. The van der Waals surface area contributed by atoms with E-state index in [1.54, 1.807) is 12.1 Å². The molecule has 142 valence electrons. The summed E-state index contributed by atoms with van der Waals surface area (Å²) in [5, 5.41) is 40.1. The van der Waals surface area contributed by atoms with Gasteiger partial charge in [-0.15, -0.1) is 11.3 Å². The van der Waals surface area contributed by atoms with Gasteiger partial charge in [0.05, 0.1) is 22.4 Å². The van der Waals surface area contributed by atoms with Crippen molar-refractivity contribution in [1.82, 2.24) is 4.98 Å². The van der Waals surface area contributed by atoms with Crippen molar-refractivity contribution in [2.45, 2.75) is 30.7 Å². The second-order valence-corrected chi connectivity index (χ2v) is 7.33. The Labute approximate surface area is 159 Å². The zero-order chi connectivity index (χ0) is 19.0. The molecule has 1 aliphatic heterocycles. The van der Waals surface area contributed by atoms with E-state index >= 15 is 0 Å². The molecule has 0 bridgehead atoms. The number of thiazole rings is 1. The van der Waals surface area contributed by atoms with Crippen LogP contribution in [0.4, 0.5) is 0 Å². The van der Waals surface area contributed by atoms with Gasteiger partial charge in [-0.25, -0.2) is 4.98 Å². The van der Waals surface area contributed by atoms with Gasteiger partial charge in [0.25, 0.3) is 0 Å². The normalized spacial score (nSPS) is 28.4. The highest BCUT2D eigenvalue weighted by Crippen LogP contribution is 2.37. The fraction of sp³-hybridized carbons (Fsp3) is 0.316. The summed E-state index contributed by atoms with van der Waals surface area (Å²) in [5.74, 6) is 0.417. The Morgan fingerprint density at radius 3 is 2.48 bits per heavy atom. The molecule has 2 aromatic carbocycles. The molecule has 1 aromatic heterocycles. The first-order valence-electron chi connectivity index (χ1n) is 8.50. The zero-order valence-electron chi connectivity index (χ0n) is 14.2. The standard InChI is InChI=1S/C19H19NO6S/c21-9-13-15(22)16(23)17(24)19(26-13)25-12-7-3-1-5-10(12)18-20-11-6-2-4-8-14(11)27-18/h1-8,13,15-17,19,21-24H,9H2/t13-,15-,16+,17-,19-/m1/s1. The summed E-state index contributed by atoms with van der Waals surface area (Å²) in [6.07, 6.45) is -6.65. The molecule has 7 nitrogen and oxygen atoms in total. The second kappa shape index (κ2) is 7.51. The Morgan fingerprint density at radius 1 is 0.963 bits per heavy atom. The van der Waals surface area contributed by atoms with Gasteiger partial charge in [0.2, 0.25) is 6.29 Å². The van der Waals surface area contributed by atoms with E-state index in [1.807, 2.05) is 36.4 Å². The fourth-order valence-corrected chi connectivity index (χ4v) is 4.02. The quantitative estimate of drug-likeness (QED) is 0.529. The van der Waals surface area contributed by atoms with Gasteiger partial charge in [0, 0.05) is 0 Å². The van der Waals surface area contributed by atoms with Crippen molar-refractivity contribution in [2.24, 2.45) is 0 Å². The molecule has 27 heavy (non-hydrogen) atoms. The summed E-state index contributed by atoms with van der Waals surface area (Å²) in [6, 6.07) is 15.0. The molecule has 0 unspecified atom stereocenters. The Morgan fingerprint density at radius 2 is 1.70 bits per heavy atom. The Balaban J connectivity index is 1.65. The van der Waals surface area contributed by atoms with Gasteiger partial charge in [-0.2, -0.15) is 0 Å². The van der Waals surface area contributed by atoms with Crippen LogP contribution < -0.4 is 4.74 Å². The molecule has 8 heteroatoms. The molecule has 5 atom stereocenters. The molecule has 0 radical (unpaired) electrons. The zero-order valence-corrected chi connectivity index (χ0v) is 15.0. The van der Waals surface area contributed by atoms with Crippen molar-refractivity contribution in [3.05, 3.63) is 48.5 Å². The maximum atomic E-state index is 10.2. The van der Waals surface area contributed by atoms with Crippen LogP contribution in [-0.4, -0.2) is 62.7 Å². The van der Waals surface area contributed by atoms with Crippen molar-refractivity contribution < 1.29 is 29.9 Å². The highest BCUT2D eigenvalue weighted by Gasteiger charge is 2.44. The molecule has 0 amide bonds. The SMILES string of the molecule is OC[C@H]1O[C@@H](Oc2ccccc2-c2nc3ccccc3s2)[C@H](O)[C@@H](O)[C@@H]1O. The fourth-order valence-electron chi connectivity index (χ4n) is 3.02. The smallest absolute Gasteiger partial charge is 0.229 e. The van der Waals surface area contributed by atoms with Crippen LogP contribution in [0.2, 0.25) is 0 Å². The van der Waals surface area contributed by atoms with Crippen LogP contribution in [0.15, 0.2) is 48.5 Å². The first-order valence-corrected chi connectivity index (χ1v) is 9.32. The summed E-state index contributed by atoms with van der Waals surface area (Å²) in [4.78, 5) is 4.62. The van der Waals surface area contributed by atoms with E-state index in [4.69, 9.17) is 9.47 Å². The van der Waals surface area contributed by atoms with Crippen molar-refractivity contribution in [2.75, 3.05) is 6.61 Å². The molecular weight excluding hydrogens is 370 g/mol. The lowest BCUT2D eigenvalue weighted by Crippen LogP contribution is -2.60. The van der Waals surface area contributed by atoms with Gasteiger partial charge >= 0.3 is 0 Å². The van der Waals surface area contributed by atoms with Crippen molar-refractivity contribution in [1.29, 1.82) is 0 Å². The molecule has 4 N–H and O–H groups in total. The number of rotatable bonds is 4. The lowest BCUT2D eigenvalue weighted by atomic mass is 9.99. The van der Waals surface area contributed by atoms with Crippen molar-refractivity contribution in [3.63, 3.8) is 0 Å². The molecule has 4 rings (SSSR count). The van der Waals surface area contributed by atoms with Crippen molar-refractivity contribution in [3.8, 4) is 16.3 Å². The minimum atomic E-state index is -1.49. The van der Waals surface area contributed by atoms with E-state index in [9.17, 15) is 20.4 Å². The van der Waals surface area contributed by atoms with Crippen LogP contribution >= 0.6 is 11.3 Å². The minimum absolute atomic E-state index is 0.417. The lowest BCUT2D eigenvalue weighted by molar-refractivity contribution is -0.277. The highest BCUT2D eigenvalue weighted by atomic mass is 32.1. The number of para-hydroxylation sites is 2. The van der Waals surface area contributed by atoms with Crippen LogP contribution in [0.3, 0.4) is 0 Å². The highest BCUT2D eigenvalue weighted by molar-refractivity contribution is 7.21. The van der Waals surface area contributed by atoms with Crippen LogP contribution in [0.5, 0.6) is 5.75 Å². The van der Waals surface area contributed by atoms with Crippen LogP contribution in [0.25, 0.3) is 20.8 Å². The average molecular weight is 389 g/mol. The first-order chi connectivity index (χ1) is 13.1. The molecule has 3 aromatic rings. The predicted molar refractivity (Wildman–Crippen MR) is 99.5 cm³/mol. The Kier molecular flexibility index (Phi) is 5.09. The molecule has 1 saturated heterocycles.